The fourth-order valence-corrected chi connectivity index (χ4v) is 6.88. The number of morpholine rings is 1. The van der Waals surface area contributed by atoms with Gasteiger partial charge in [0, 0.05) is 37.4 Å². The molecule has 8 heteroatoms. The fourth-order valence-electron chi connectivity index (χ4n) is 6.88. The van der Waals surface area contributed by atoms with Gasteiger partial charge in [-0.3, -0.25) is 9.18 Å². The van der Waals surface area contributed by atoms with Crippen LogP contribution >= 0.6 is 0 Å². The van der Waals surface area contributed by atoms with Gasteiger partial charge in [-0.2, -0.15) is 5.10 Å². The van der Waals surface area contributed by atoms with Crippen LogP contribution in [-0.2, 0) is 4.74 Å². The van der Waals surface area contributed by atoms with E-state index in [1.54, 1.807) is 23.2 Å². The van der Waals surface area contributed by atoms with Gasteiger partial charge in [-0.25, -0.2) is 4.68 Å². The highest BCUT2D eigenvalue weighted by molar-refractivity contribution is 5.99. The lowest BCUT2D eigenvalue weighted by Crippen LogP contribution is -2.60. The number of hydrogen-bond donors (Lipinski definition) is 2. The Morgan fingerprint density at radius 2 is 2.00 bits per heavy atom. The Bertz CT molecular complexity index is 891. The van der Waals surface area contributed by atoms with Gasteiger partial charge < -0.3 is 20.1 Å². The first-order chi connectivity index (χ1) is 15.8. The number of aliphatic hydroxyl groups excluding tert-OH is 1. The van der Waals surface area contributed by atoms with Gasteiger partial charge in [0.25, 0.3) is 5.91 Å². The minimum Gasteiger partial charge on any atom is -0.396 e. The van der Waals surface area contributed by atoms with Crippen molar-refractivity contribution in [3.8, 4) is 0 Å². The molecule has 1 aromatic heterocycles. The maximum atomic E-state index is 13.6. The van der Waals surface area contributed by atoms with Gasteiger partial charge in [-0.15, -0.1) is 0 Å². The normalized spacial score (nSPS) is 33.8. The Morgan fingerprint density at radius 1 is 1.30 bits per heavy atom. The summed E-state index contributed by atoms with van der Waals surface area (Å²) in [5.41, 5.74) is 0.0419. The number of carbonyl (C=O) groups excluding carboxylic acids is 1. The van der Waals surface area contributed by atoms with Crippen molar-refractivity contribution in [2.75, 3.05) is 44.5 Å². The molecule has 2 unspecified atom stereocenters. The number of alkyl halides is 1. The maximum Gasteiger partial charge on any atom is 0.256 e. The zero-order chi connectivity index (χ0) is 23.2. The molecule has 1 saturated heterocycles. The second kappa shape index (κ2) is 8.69. The minimum absolute atomic E-state index is 0.0790. The monoisotopic (exact) mass is 460 g/mol. The summed E-state index contributed by atoms with van der Waals surface area (Å²) in [5, 5.41) is 17.9. The van der Waals surface area contributed by atoms with E-state index >= 15 is 0 Å². The van der Waals surface area contributed by atoms with Crippen LogP contribution < -0.4 is 10.2 Å². The van der Waals surface area contributed by atoms with E-state index in [1.807, 2.05) is 13.8 Å². The molecule has 4 bridgehead atoms. The third kappa shape index (κ3) is 4.32. The fraction of sp³-hybridized carbons (Fsp3) is 0.760. The van der Waals surface area contributed by atoms with Gasteiger partial charge in [0.2, 0.25) is 0 Å². The van der Waals surface area contributed by atoms with Crippen molar-refractivity contribution in [1.29, 1.82) is 0 Å². The van der Waals surface area contributed by atoms with Crippen molar-refractivity contribution in [2.24, 2.45) is 28.6 Å². The summed E-state index contributed by atoms with van der Waals surface area (Å²) in [6.45, 7) is 6.04. The molecular formula is C25H37FN4O3. The molecule has 4 saturated carbocycles. The van der Waals surface area contributed by atoms with Crippen LogP contribution in [0.3, 0.4) is 0 Å². The van der Waals surface area contributed by atoms with Crippen LogP contribution in [0.1, 0.15) is 56.3 Å². The molecule has 33 heavy (non-hydrogen) atoms. The second-order valence-electron chi connectivity index (χ2n) is 11.5. The molecule has 2 N–H and O–H groups in total. The quantitative estimate of drug-likeness (QED) is 0.654. The number of allylic oxidation sites excluding steroid dienone is 1. The zero-order valence-corrected chi connectivity index (χ0v) is 19.8. The molecule has 6 rings (SSSR count). The standard InChI is InChI=1S/C25H37FN4O3/c1-24(2,15-26)3-4-30-23(29-5-7-33-8-6-29)20(14-27-30)22(32)28-21-18-9-17-10-19(21)13-25(11-17,12-18)16-31/h3-4,14,17-19,21,31H,5-13,15-16H2,1-2H3,(H,28,32)/b4-3+. The molecule has 0 aromatic carbocycles. The number of anilines is 1. The lowest BCUT2D eigenvalue weighted by Gasteiger charge is -2.59. The largest absolute Gasteiger partial charge is 0.396 e. The van der Waals surface area contributed by atoms with E-state index in [9.17, 15) is 14.3 Å². The number of aromatic nitrogens is 2. The number of halogens is 1. The third-order valence-electron chi connectivity index (χ3n) is 8.37. The Hall–Kier alpha value is -1.93. The highest BCUT2D eigenvalue weighted by Crippen LogP contribution is 2.59. The average molecular weight is 461 g/mol. The van der Waals surface area contributed by atoms with Crippen molar-refractivity contribution < 1.29 is 19.0 Å². The molecule has 4 aliphatic carbocycles. The van der Waals surface area contributed by atoms with Crippen molar-refractivity contribution >= 4 is 17.9 Å². The number of nitrogens with one attached hydrogen (secondary N) is 1. The third-order valence-corrected chi connectivity index (χ3v) is 8.37. The Labute approximate surface area is 195 Å². The molecule has 1 amide bonds. The molecule has 5 aliphatic rings. The number of ether oxygens (including phenoxy) is 1. The Balaban J connectivity index is 1.39. The average Bonchev–Trinajstić information content (AvgIpc) is 3.24. The van der Waals surface area contributed by atoms with Gasteiger partial charge in [0.05, 0.1) is 26.1 Å². The molecule has 7 nitrogen and oxygen atoms in total. The number of hydrogen-bond acceptors (Lipinski definition) is 5. The molecule has 1 aliphatic heterocycles. The molecule has 0 radical (unpaired) electrons. The van der Waals surface area contributed by atoms with Crippen molar-refractivity contribution in [1.82, 2.24) is 15.1 Å². The summed E-state index contributed by atoms with van der Waals surface area (Å²) < 4.78 is 20.6. The predicted molar refractivity (Wildman–Crippen MR) is 125 cm³/mol. The van der Waals surface area contributed by atoms with Crippen LogP contribution in [0.25, 0.3) is 6.20 Å². The predicted octanol–water partition coefficient (Wildman–Crippen LogP) is 3.10. The van der Waals surface area contributed by atoms with Crippen LogP contribution in [0.15, 0.2) is 12.3 Å². The number of nitrogens with zero attached hydrogens (tertiary/aromatic N) is 3. The lowest BCUT2D eigenvalue weighted by molar-refractivity contribution is -0.0969. The highest BCUT2D eigenvalue weighted by Gasteiger charge is 2.55. The number of carbonyl (C=O) groups is 1. The molecule has 0 spiro atoms. The number of rotatable bonds is 7. The van der Waals surface area contributed by atoms with Crippen molar-refractivity contribution in [3.05, 3.63) is 17.8 Å². The number of aliphatic hydroxyl groups is 1. The van der Waals surface area contributed by atoms with Crippen LogP contribution in [0.5, 0.6) is 0 Å². The molecule has 2 atom stereocenters. The molecule has 1 aromatic rings. The molecular weight excluding hydrogens is 423 g/mol. The first-order valence-electron chi connectivity index (χ1n) is 12.4. The summed E-state index contributed by atoms with van der Waals surface area (Å²) in [4.78, 5) is 15.7. The summed E-state index contributed by atoms with van der Waals surface area (Å²) in [6.07, 6.45) is 10.7. The Morgan fingerprint density at radius 3 is 2.64 bits per heavy atom. The lowest BCUT2D eigenvalue weighted by atomic mass is 9.48. The van der Waals surface area contributed by atoms with Crippen LogP contribution in [0.2, 0.25) is 0 Å². The summed E-state index contributed by atoms with van der Waals surface area (Å²) in [6, 6.07) is 0.163. The van der Waals surface area contributed by atoms with E-state index in [1.165, 1.54) is 0 Å². The summed E-state index contributed by atoms with van der Waals surface area (Å²) in [5.74, 6) is 2.24. The van der Waals surface area contributed by atoms with Gasteiger partial charge >= 0.3 is 0 Å². The Kier molecular flexibility index (Phi) is 6.02. The van der Waals surface area contributed by atoms with E-state index in [0.29, 0.717) is 49.6 Å². The molecule has 182 valence electrons. The van der Waals surface area contributed by atoms with E-state index in [2.05, 4.69) is 15.3 Å². The number of amides is 1. The van der Waals surface area contributed by atoms with Crippen LogP contribution in [0, 0.1) is 28.6 Å². The van der Waals surface area contributed by atoms with Gasteiger partial charge in [-0.1, -0.05) is 19.9 Å². The first kappa shape index (κ1) is 22.8. The molecule has 5 fully saturated rings. The zero-order valence-electron chi connectivity index (χ0n) is 19.8. The van der Waals surface area contributed by atoms with Crippen molar-refractivity contribution in [2.45, 2.75) is 52.0 Å². The van der Waals surface area contributed by atoms with Gasteiger partial charge in [-0.05, 0) is 55.3 Å². The maximum absolute atomic E-state index is 13.6. The van der Waals surface area contributed by atoms with Gasteiger partial charge in [0.1, 0.15) is 11.4 Å². The minimum atomic E-state index is -0.598. The summed E-state index contributed by atoms with van der Waals surface area (Å²) in [7, 11) is 0. The smallest absolute Gasteiger partial charge is 0.256 e. The van der Waals surface area contributed by atoms with E-state index in [-0.39, 0.29) is 24.0 Å². The van der Waals surface area contributed by atoms with E-state index in [0.717, 1.165) is 37.9 Å². The second-order valence-corrected chi connectivity index (χ2v) is 11.5. The van der Waals surface area contributed by atoms with Crippen molar-refractivity contribution in [3.63, 3.8) is 0 Å². The molecule has 2 heterocycles. The van der Waals surface area contributed by atoms with Crippen LogP contribution in [0.4, 0.5) is 10.2 Å². The SMILES string of the molecule is CC(C)(/C=C/n1ncc(C(=O)NC2C3CC4CC2CC(CO)(C4)C3)c1N1CCOCC1)CF. The van der Waals surface area contributed by atoms with E-state index < -0.39 is 12.1 Å². The highest BCUT2D eigenvalue weighted by atomic mass is 19.1. The first-order valence-corrected chi connectivity index (χ1v) is 12.4. The van der Waals surface area contributed by atoms with Gasteiger partial charge in [0.15, 0.2) is 0 Å². The summed E-state index contributed by atoms with van der Waals surface area (Å²) >= 11 is 0. The van der Waals surface area contributed by atoms with E-state index in [4.69, 9.17) is 4.74 Å². The van der Waals surface area contributed by atoms with Crippen LogP contribution in [-0.4, -0.2) is 66.4 Å². The topological polar surface area (TPSA) is 79.6 Å².